The average Bonchev–Trinajstić information content (AvgIpc) is 2.60. The van der Waals surface area contributed by atoms with Gasteiger partial charge in [0.1, 0.15) is 5.82 Å². The minimum atomic E-state index is -0.560. The molecule has 132 valence electrons. The maximum atomic E-state index is 13.3. The standard InChI is InChI=1S/C19H17FN4O2/c20-14-4-1-3-13(11-14)17-8-7-15(21-22-17)12-23-9-10-24(16-5-2-6-16)19(26)18(23)25/h1,3-4,7-11,16H,2,5-6,12H2. The van der Waals surface area contributed by atoms with E-state index in [1.807, 2.05) is 0 Å². The highest BCUT2D eigenvalue weighted by Crippen LogP contribution is 2.29. The van der Waals surface area contributed by atoms with E-state index in [0.29, 0.717) is 17.0 Å². The van der Waals surface area contributed by atoms with Gasteiger partial charge in [0.15, 0.2) is 0 Å². The Morgan fingerprint density at radius 2 is 1.88 bits per heavy atom. The van der Waals surface area contributed by atoms with Crippen LogP contribution in [0.25, 0.3) is 11.3 Å². The molecule has 2 aromatic heterocycles. The van der Waals surface area contributed by atoms with Crippen molar-refractivity contribution in [3.05, 3.63) is 81.0 Å². The van der Waals surface area contributed by atoms with E-state index in [1.54, 1.807) is 36.7 Å². The second kappa shape index (κ2) is 6.67. The third-order valence-electron chi connectivity index (χ3n) is 4.73. The molecule has 0 atom stereocenters. The first-order valence-corrected chi connectivity index (χ1v) is 8.52. The SMILES string of the molecule is O=c1c(=O)n(C2CCC2)ccn1Cc1ccc(-c2cccc(F)c2)nn1. The number of rotatable bonds is 4. The molecular formula is C19H17FN4O2. The van der Waals surface area contributed by atoms with Gasteiger partial charge in [-0.25, -0.2) is 4.39 Å². The number of nitrogens with zero attached hydrogens (tertiary/aromatic N) is 4. The second-order valence-corrected chi connectivity index (χ2v) is 6.45. The largest absolute Gasteiger partial charge is 0.316 e. The van der Waals surface area contributed by atoms with Gasteiger partial charge >= 0.3 is 11.1 Å². The summed E-state index contributed by atoms with van der Waals surface area (Å²) in [6, 6.07) is 9.69. The lowest BCUT2D eigenvalue weighted by atomic mass is 9.93. The van der Waals surface area contributed by atoms with Gasteiger partial charge in [0.05, 0.1) is 17.9 Å². The lowest BCUT2D eigenvalue weighted by Crippen LogP contribution is -2.43. The van der Waals surface area contributed by atoms with Crippen LogP contribution in [0.4, 0.5) is 4.39 Å². The van der Waals surface area contributed by atoms with Crippen LogP contribution in [0.3, 0.4) is 0 Å². The third kappa shape index (κ3) is 3.08. The summed E-state index contributed by atoms with van der Waals surface area (Å²) in [5.74, 6) is -0.341. The third-order valence-corrected chi connectivity index (χ3v) is 4.73. The molecule has 1 saturated carbocycles. The van der Waals surface area contributed by atoms with E-state index in [2.05, 4.69) is 10.2 Å². The zero-order valence-corrected chi connectivity index (χ0v) is 14.0. The Morgan fingerprint density at radius 3 is 2.54 bits per heavy atom. The molecule has 0 amide bonds. The van der Waals surface area contributed by atoms with E-state index in [0.717, 1.165) is 19.3 Å². The van der Waals surface area contributed by atoms with Crippen LogP contribution in [0.5, 0.6) is 0 Å². The van der Waals surface area contributed by atoms with Crippen LogP contribution in [0.15, 0.2) is 58.4 Å². The lowest BCUT2D eigenvalue weighted by Gasteiger charge is -2.27. The molecule has 0 N–H and O–H groups in total. The fraction of sp³-hybridized carbons (Fsp3) is 0.263. The summed E-state index contributed by atoms with van der Waals surface area (Å²) in [4.78, 5) is 24.5. The smallest absolute Gasteiger partial charge is 0.306 e. The first-order valence-electron chi connectivity index (χ1n) is 8.52. The number of benzene rings is 1. The van der Waals surface area contributed by atoms with Crippen LogP contribution < -0.4 is 11.1 Å². The molecule has 3 aromatic rings. The zero-order valence-electron chi connectivity index (χ0n) is 14.0. The average molecular weight is 352 g/mol. The Morgan fingerprint density at radius 1 is 1.04 bits per heavy atom. The first kappa shape index (κ1) is 16.4. The fourth-order valence-electron chi connectivity index (χ4n) is 3.02. The minimum Gasteiger partial charge on any atom is -0.306 e. The molecule has 1 aliphatic rings. The molecule has 0 unspecified atom stereocenters. The monoisotopic (exact) mass is 352 g/mol. The van der Waals surface area contributed by atoms with Crippen molar-refractivity contribution in [2.75, 3.05) is 0 Å². The number of aromatic nitrogens is 4. The van der Waals surface area contributed by atoms with E-state index in [-0.39, 0.29) is 18.4 Å². The van der Waals surface area contributed by atoms with Crippen molar-refractivity contribution >= 4 is 0 Å². The summed E-state index contributed by atoms with van der Waals surface area (Å²) in [7, 11) is 0. The van der Waals surface area contributed by atoms with E-state index < -0.39 is 11.1 Å². The molecule has 2 heterocycles. The molecule has 26 heavy (non-hydrogen) atoms. The van der Waals surface area contributed by atoms with Crippen molar-refractivity contribution in [2.24, 2.45) is 0 Å². The number of halogens is 1. The van der Waals surface area contributed by atoms with Crippen LogP contribution in [-0.2, 0) is 6.54 Å². The molecule has 7 heteroatoms. The van der Waals surface area contributed by atoms with Gasteiger partial charge in [0.2, 0.25) is 0 Å². The van der Waals surface area contributed by atoms with Crippen molar-refractivity contribution < 1.29 is 4.39 Å². The molecule has 0 saturated heterocycles. The lowest BCUT2D eigenvalue weighted by molar-refractivity contribution is 0.303. The maximum absolute atomic E-state index is 13.3. The fourth-order valence-corrected chi connectivity index (χ4v) is 3.02. The van der Waals surface area contributed by atoms with Crippen molar-refractivity contribution in [1.29, 1.82) is 0 Å². The Bertz CT molecular complexity index is 1050. The highest BCUT2D eigenvalue weighted by Gasteiger charge is 2.21. The Hall–Kier alpha value is -3.09. The molecule has 0 aliphatic heterocycles. The number of hydrogen-bond acceptors (Lipinski definition) is 4. The van der Waals surface area contributed by atoms with Crippen molar-refractivity contribution in [2.45, 2.75) is 31.8 Å². The summed E-state index contributed by atoms with van der Waals surface area (Å²) >= 11 is 0. The predicted molar refractivity (Wildman–Crippen MR) is 94.4 cm³/mol. The Kier molecular flexibility index (Phi) is 4.20. The summed E-state index contributed by atoms with van der Waals surface area (Å²) in [5.41, 5.74) is 0.662. The molecule has 1 aliphatic carbocycles. The van der Waals surface area contributed by atoms with Gasteiger partial charge < -0.3 is 9.13 Å². The van der Waals surface area contributed by atoms with Gasteiger partial charge in [-0.15, -0.1) is 0 Å². The van der Waals surface area contributed by atoms with E-state index in [9.17, 15) is 14.0 Å². The van der Waals surface area contributed by atoms with Crippen LogP contribution in [0, 0.1) is 5.82 Å². The molecule has 0 spiro atoms. The van der Waals surface area contributed by atoms with Crippen LogP contribution in [-0.4, -0.2) is 19.3 Å². The van der Waals surface area contributed by atoms with Crippen molar-refractivity contribution in [3.63, 3.8) is 0 Å². The van der Waals surface area contributed by atoms with E-state index >= 15 is 0 Å². The Labute approximate surface area is 148 Å². The van der Waals surface area contributed by atoms with Crippen LogP contribution in [0.1, 0.15) is 31.0 Å². The summed E-state index contributed by atoms with van der Waals surface area (Å²) in [5, 5.41) is 8.19. The highest BCUT2D eigenvalue weighted by atomic mass is 19.1. The summed E-state index contributed by atoms with van der Waals surface area (Å²) in [6.07, 6.45) is 6.26. The van der Waals surface area contributed by atoms with Crippen molar-refractivity contribution in [3.8, 4) is 11.3 Å². The van der Waals surface area contributed by atoms with Crippen LogP contribution >= 0.6 is 0 Å². The zero-order chi connectivity index (χ0) is 18.1. The summed E-state index contributed by atoms with van der Waals surface area (Å²) in [6.45, 7) is 0.163. The van der Waals surface area contributed by atoms with E-state index in [1.165, 1.54) is 21.3 Å². The summed E-state index contributed by atoms with van der Waals surface area (Å²) < 4.78 is 16.2. The van der Waals surface area contributed by atoms with E-state index in [4.69, 9.17) is 0 Å². The molecule has 1 aromatic carbocycles. The van der Waals surface area contributed by atoms with Gasteiger partial charge in [0, 0.05) is 24.0 Å². The van der Waals surface area contributed by atoms with Crippen molar-refractivity contribution in [1.82, 2.24) is 19.3 Å². The molecular weight excluding hydrogens is 335 g/mol. The van der Waals surface area contributed by atoms with Gasteiger partial charge in [0.25, 0.3) is 0 Å². The molecule has 0 bridgehead atoms. The minimum absolute atomic E-state index is 0.148. The van der Waals surface area contributed by atoms with Crippen LogP contribution in [0.2, 0.25) is 0 Å². The molecule has 6 nitrogen and oxygen atoms in total. The van der Waals surface area contributed by atoms with Gasteiger partial charge in [-0.1, -0.05) is 12.1 Å². The molecule has 4 rings (SSSR count). The maximum Gasteiger partial charge on any atom is 0.316 e. The molecule has 0 radical (unpaired) electrons. The Balaban J connectivity index is 1.57. The molecule has 1 fully saturated rings. The second-order valence-electron chi connectivity index (χ2n) is 6.45. The normalized spacial score (nSPS) is 14.2. The highest BCUT2D eigenvalue weighted by molar-refractivity contribution is 5.58. The topological polar surface area (TPSA) is 69.8 Å². The quantitative estimate of drug-likeness (QED) is 0.676. The first-order chi connectivity index (χ1) is 12.6. The number of hydrogen-bond donors (Lipinski definition) is 0. The van der Waals surface area contributed by atoms with Gasteiger partial charge in [-0.2, -0.15) is 10.2 Å². The van der Waals surface area contributed by atoms with Gasteiger partial charge in [-0.05, 0) is 43.5 Å². The predicted octanol–water partition coefficient (Wildman–Crippen LogP) is 2.38. The van der Waals surface area contributed by atoms with Gasteiger partial charge in [-0.3, -0.25) is 9.59 Å².